The number of hydrogen-bond donors (Lipinski definition) is 1. The molecule has 9 nitrogen and oxygen atoms in total. The van der Waals surface area contributed by atoms with Crippen LogP contribution in [0.2, 0.25) is 0 Å². The number of nitrogens with zero attached hydrogens (tertiary/aromatic N) is 5. The molecule has 1 N–H and O–H groups in total. The van der Waals surface area contributed by atoms with Crippen LogP contribution >= 0.6 is 11.8 Å². The van der Waals surface area contributed by atoms with E-state index in [2.05, 4.69) is 28.1 Å². The Morgan fingerprint density at radius 2 is 1.75 bits per heavy atom. The van der Waals surface area contributed by atoms with Crippen molar-refractivity contribution < 1.29 is 14.3 Å². The van der Waals surface area contributed by atoms with Gasteiger partial charge in [0, 0.05) is 82.4 Å². The van der Waals surface area contributed by atoms with Crippen molar-refractivity contribution in [2.24, 2.45) is 0 Å². The van der Waals surface area contributed by atoms with Crippen LogP contribution in [0, 0.1) is 0 Å². The highest BCUT2D eigenvalue weighted by Crippen LogP contribution is 2.24. The van der Waals surface area contributed by atoms with E-state index in [4.69, 9.17) is 14.7 Å². The summed E-state index contributed by atoms with van der Waals surface area (Å²) in [5.41, 5.74) is 2.80. The van der Waals surface area contributed by atoms with Gasteiger partial charge in [-0.05, 0) is 24.1 Å². The molecule has 2 aromatic rings. The normalized spacial score (nSPS) is 16.7. The molecule has 0 saturated carbocycles. The molecule has 194 valence electrons. The fourth-order valence-electron chi connectivity index (χ4n) is 4.27. The maximum absolute atomic E-state index is 12.5. The summed E-state index contributed by atoms with van der Waals surface area (Å²) in [6.45, 7) is 11.6. The zero-order valence-electron chi connectivity index (χ0n) is 21.2. The van der Waals surface area contributed by atoms with Crippen molar-refractivity contribution in [3.8, 4) is 0 Å². The number of aromatic nitrogens is 2. The van der Waals surface area contributed by atoms with E-state index < -0.39 is 0 Å². The van der Waals surface area contributed by atoms with Gasteiger partial charge in [0.1, 0.15) is 5.82 Å². The van der Waals surface area contributed by atoms with Gasteiger partial charge in [0.25, 0.3) is 5.91 Å². The molecule has 4 rings (SSSR count). The maximum Gasteiger partial charge on any atom is 0.251 e. The SMILES string of the molecule is CCc1cc(N2CCN(C(C)=O)CC2)nc(SCc2ccc(C(=O)NCCN3CCOCC3)cc2)n1. The highest BCUT2D eigenvalue weighted by molar-refractivity contribution is 7.98. The van der Waals surface area contributed by atoms with Crippen molar-refractivity contribution in [2.45, 2.75) is 31.2 Å². The number of carbonyl (C=O) groups is 2. The highest BCUT2D eigenvalue weighted by atomic mass is 32.2. The molecule has 2 amide bonds. The van der Waals surface area contributed by atoms with Crippen LogP contribution in [0.15, 0.2) is 35.5 Å². The van der Waals surface area contributed by atoms with Crippen LogP contribution in [0.4, 0.5) is 5.82 Å². The van der Waals surface area contributed by atoms with Gasteiger partial charge in [-0.25, -0.2) is 9.97 Å². The van der Waals surface area contributed by atoms with Gasteiger partial charge >= 0.3 is 0 Å². The van der Waals surface area contributed by atoms with E-state index in [1.165, 1.54) is 0 Å². The lowest BCUT2D eigenvalue weighted by Crippen LogP contribution is -2.48. The number of aryl methyl sites for hydroxylation is 1. The fourth-order valence-corrected chi connectivity index (χ4v) is 5.10. The van der Waals surface area contributed by atoms with Crippen molar-refractivity contribution in [2.75, 3.05) is 70.5 Å². The van der Waals surface area contributed by atoms with Crippen molar-refractivity contribution in [1.29, 1.82) is 0 Å². The van der Waals surface area contributed by atoms with Gasteiger partial charge < -0.3 is 19.9 Å². The summed E-state index contributed by atoms with van der Waals surface area (Å²) in [6, 6.07) is 9.80. The van der Waals surface area contributed by atoms with Gasteiger partial charge in [-0.3, -0.25) is 14.5 Å². The molecule has 0 spiro atoms. The molecule has 2 fully saturated rings. The number of amides is 2. The molecule has 36 heavy (non-hydrogen) atoms. The number of thioether (sulfide) groups is 1. The molecule has 1 aromatic carbocycles. The molecule has 2 aliphatic rings. The second kappa shape index (κ2) is 13.0. The molecule has 10 heteroatoms. The Morgan fingerprint density at radius 3 is 2.42 bits per heavy atom. The van der Waals surface area contributed by atoms with Crippen LogP contribution in [0.3, 0.4) is 0 Å². The Labute approximate surface area is 217 Å². The second-order valence-corrected chi connectivity index (χ2v) is 9.98. The average Bonchev–Trinajstić information content (AvgIpc) is 2.92. The van der Waals surface area contributed by atoms with E-state index in [0.29, 0.717) is 12.1 Å². The molecule has 3 heterocycles. The van der Waals surface area contributed by atoms with Crippen LogP contribution in [-0.2, 0) is 21.7 Å². The van der Waals surface area contributed by atoms with Gasteiger partial charge in [0.15, 0.2) is 5.16 Å². The molecule has 0 radical (unpaired) electrons. The second-order valence-electron chi connectivity index (χ2n) is 9.04. The lowest BCUT2D eigenvalue weighted by Gasteiger charge is -2.35. The van der Waals surface area contributed by atoms with Crippen LogP contribution in [0.5, 0.6) is 0 Å². The number of morpholine rings is 1. The van der Waals surface area contributed by atoms with Gasteiger partial charge in [0.05, 0.1) is 13.2 Å². The third-order valence-corrected chi connectivity index (χ3v) is 7.48. The first-order chi connectivity index (χ1) is 17.5. The lowest BCUT2D eigenvalue weighted by atomic mass is 10.1. The van der Waals surface area contributed by atoms with Crippen molar-refractivity contribution in [1.82, 2.24) is 25.1 Å². The summed E-state index contributed by atoms with van der Waals surface area (Å²) in [5.74, 6) is 1.73. The van der Waals surface area contributed by atoms with E-state index in [1.54, 1.807) is 18.7 Å². The van der Waals surface area contributed by atoms with Crippen molar-refractivity contribution >= 4 is 29.4 Å². The monoisotopic (exact) mass is 512 g/mol. The third-order valence-electron chi connectivity index (χ3n) is 6.56. The number of piperazine rings is 1. The van der Waals surface area contributed by atoms with Crippen molar-refractivity contribution in [3.05, 3.63) is 47.2 Å². The average molecular weight is 513 g/mol. The smallest absolute Gasteiger partial charge is 0.251 e. The topological polar surface area (TPSA) is 90.9 Å². The highest BCUT2D eigenvalue weighted by Gasteiger charge is 2.20. The van der Waals surface area contributed by atoms with Gasteiger partial charge in [-0.15, -0.1) is 0 Å². The number of nitrogens with one attached hydrogen (secondary N) is 1. The Bertz CT molecular complexity index is 1020. The predicted molar refractivity (Wildman–Crippen MR) is 141 cm³/mol. The first kappa shape index (κ1) is 26.4. The predicted octanol–water partition coefficient (Wildman–Crippen LogP) is 2.06. The summed E-state index contributed by atoms with van der Waals surface area (Å²) >= 11 is 1.60. The molecule has 1 aromatic heterocycles. The Balaban J connectivity index is 1.28. The van der Waals surface area contributed by atoms with E-state index in [9.17, 15) is 9.59 Å². The number of anilines is 1. The Morgan fingerprint density at radius 1 is 1.03 bits per heavy atom. The summed E-state index contributed by atoms with van der Waals surface area (Å²) in [7, 11) is 0. The van der Waals surface area contributed by atoms with E-state index >= 15 is 0 Å². The van der Waals surface area contributed by atoms with Gasteiger partial charge in [0.2, 0.25) is 5.91 Å². The number of carbonyl (C=O) groups excluding carboxylic acids is 2. The minimum Gasteiger partial charge on any atom is -0.379 e. The number of ether oxygens (including phenoxy) is 1. The number of benzene rings is 1. The largest absolute Gasteiger partial charge is 0.379 e. The van der Waals surface area contributed by atoms with Crippen LogP contribution in [0.25, 0.3) is 0 Å². The zero-order chi connectivity index (χ0) is 25.3. The summed E-state index contributed by atoms with van der Waals surface area (Å²) in [5, 5.41) is 3.76. The molecule has 2 saturated heterocycles. The zero-order valence-corrected chi connectivity index (χ0v) is 22.1. The molecule has 0 unspecified atom stereocenters. The molecular weight excluding hydrogens is 476 g/mol. The molecule has 0 atom stereocenters. The van der Waals surface area contributed by atoms with E-state index in [1.807, 2.05) is 29.2 Å². The van der Waals surface area contributed by atoms with E-state index in [-0.39, 0.29) is 11.8 Å². The summed E-state index contributed by atoms with van der Waals surface area (Å²) in [6.07, 6.45) is 0.839. The van der Waals surface area contributed by atoms with Gasteiger partial charge in [-0.1, -0.05) is 30.8 Å². The van der Waals surface area contributed by atoms with Gasteiger partial charge in [-0.2, -0.15) is 0 Å². The molecule has 0 bridgehead atoms. The standard InChI is InChI=1S/C26H36N6O3S/c1-3-23-18-24(32-12-10-31(11-13-32)20(2)33)29-26(28-23)36-19-21-4-6-22(7-5-21)25(34)27-8-9-30-14-16-35-17-15-30/h4-7,18H,3,8-17,19H2,1-2H3,(H,27,34). The third kappa shape index (κ3) is 7.41. The first-order valence-electron chi connectivity index (χ1n) is 12.7. The Kier molecular flexibility index (Phi) is 9.54. The lowest BCUT2D eigenvalue weighted by molar-refractivity contribution is -0.129. The molecular formula is C26H36N6O3S. The minimum absolute atomic E-state index is 0.0454. The van der Waals surface area contributed by atoms with Crippen LogP contribution in [-0.4, -0.2) is 97.2 Å². The number of rotatable bonds is 9. The molecule has 2 aliphatic heterocycles. The first-order valence-corrected chi connectivity index (χ1v) is 13.7. The number of hydrogen-bond acceptors (Lipinski definition) is 8. The fraction of sp³-hybridized carbons (Fsp3) is 0.538. The summed E-state index contributed by atoms with van der Waals surface area (Å²) < 4.78 is 5.36. The molecule has 0 aliphatic carbocycles. The van der Waals surface area contributed by atoms with Crippen LogP contribution < -0.4 is 10.2 Å². The Hall–Kier alpha value is -2.69. The van der Waals surface area contributed by atoms with Crippen LogP contribution in [0.1, 0.15) is 35.5 Å². The summed E-state index contributed by atoms with van der Waals surface area (Å²) in [4.78, 5) is 40.0. The quantitative estimate of drug-likeness (QED) is 0.403. The maximum atomic E-state index is 12.5. The minimum atomic E-state index is -0.0454. The van der Waals surface area contributed by atoms with Crippen molar-refractivity contribution in [3.63, 3.8) is 0 Å². The van der Waals surface area contributed by atoms with E-state index in [0.717, 1.165) is 93.4 Å².